The van der Waals surface area contributed by atoms with E-state index in [0.29, 0.717) is 17.0 Å². The maximum absolute atomic E-state index is 12.1. The molecular weight excluding hydrogens is 432 g/mol. The molecule has 2 aliphatic rings. The lowest BCUT2D eigenvalue weighted by Crippen LogP contribution is -2.41. The first kappa shape index (κ1) is 17.9. The van der Waals surface area contributed by atoms with E-state index in [4.69, 9.17) is 11.0 Å². The lowest BCUT2D eigenvalue weighted by Gasteiger charge is -2.28. The normalized spacial score (nSPS) is 24.7. The molecule has 7 nitrogen and oxygen atoms in total. The Kier molecular flexibility index (Phi) is 4.14. The summed E-state index contributed by atoms with van der Waals surface area (Å²) in [5.41, 5.74) is 9.31. The number of nitrogens with two attached hydrogens (primary N) is 1. The van der Waals surface area contributed by atoms with Crippen LogP contribution < -0.4 is 11.1 Å². The van der Waals surface area contributed by atoms with Crippen LogP contribution in [0.2, 0.25) is 0 Å². The minimum atomic E-state index is -0.274. The van der Waals surface area contributed by atoms with Gasteiger partial charge in [-0.15, -0.1) is 0 Å². The molecule has 2 bridgehead atoms. The summed E-state index contributed by atoms with van der Waals surface area (Å²) in [6.45, 7) is 0. The molecule has 5 rings (SSSR count). The Bertz CT molecular complexity index is 1190. The third kappa shape index (κ3) is 2.89. The van der Waals surface area contributed by atoms with Gasteiger partial charge in [-0.3, -0.25) is 4.79 Å². The molecule has 2 aromatic heterocycles. The molecule has 29 heavy (non-hydrogen) atoms. The maximum atomic E-state index is 12.1. The van der Waals surface area contributed by atoms with Gasteiger partial charge < -0.3 is 16.0 Å². The molecule has 0 saturated heterocycles. The van der Waals surface area contributed by atoms with Crippen LogP contribution in [0.4, 0.5) is 5.69 Å². The van der Waals surface area contributed by atoms with E-state index in [9.17, 15) is 4.79 Å². The van der Waals surface area contributed by atoms with E-state index < -0.39 is 0 Å². The van der Waals surface area contributed by atoms with Gasteiger partial charge in [0, 0.05) is 17.8 Å². The van der Waals surface area contributed by atoms with Gasteiger partial charge in [0.05, 0.1) is 27.7 Å². The Morgan fingerprint density at radius 2 is 2.03 bits per heavy atom. The number of aromatic amines is 1. The number of nitriles is 1. The molecule has 2 heterocycles. The van der Waals surface area contributed by atoms with Gasteiger partial charge in [0.2, 0.25) is 5.91 Å². The number of rotatable bonds is 4. The minimum Gasteiger partial charge on any atom is -0.378 e. The lowest BCUT2D eigenvalue weighted by molar-refractivity contribution is -0.122. The lowest BCUT2D eigenvalue weighted by atomic mass is 9.88. The minimum absolute atomic E-state index is 0.0638. The van der Waals surface area contributed by atoms with E-state index in [1.807, 2.05) is 12.1 Å². The van der Waals surface area contributed by atoms with E-state index >= 15 is 0 Å². The summed E-state index contributed by atoms with van der Waals surface area (Å²) in [5, 5.41) is 12.5. The molecule has 4 atom stereocenters. The van der Waals surface area contributed by atoms with E-state index in [0.717, 1.165) is 27.7 Å². The first-order valence-electron chi connectivity index (χ1n) is 9.34. The van der Waals surface area contributed by atoms with Crippen LogP contribution >= 0.6 is 15.9 Å². The SMILES string of the molecule is N#Cc1ccc(-c2nc3ncc(Br)c(NC4[C@@H](C(N)=O)[C@@H]5C=C[C@H]4C5)c3[nH]2)cc1. The molecule has 1 aromatic carbocycles. The number of pyridine rings is 1. The first-order chi connectivity index (χ1) is 14.0. The number of allylic oxidation sites excluding steroid dienone is 1. The van der Waals surface area contributed by atoms with Gasteiger partial charge in [-0.25, -0.2) is 9.97 Å². The predicted octanol–water partition coefficient (Wildman–Crippen LogP) is 3.35. The second kappa shape index (κ2) is 6.71. The Labute approximate surface area is 175 Å². The molecule has 1 saturated carbocycles. The monoisotopic (exact) mass is 448 g/mol. The number of hydrogen-bond donors (Lipinski definition) is 3. The van der Waals surface area contributed by atoms with Crippen LogP contribution in [0.25, 0.3) is 22.6 Å². The number of fused-ring (bicyclic) bond motifs is 3. The summed E-state index contributed by atoms with van der Waals surface area (Å²) in [6, 6.07) is 9.26. The van der Waals surface area contributed by atoms with Crippen molar-refractivity contribution in [2.45, 2.75) is 12.5 Å². The molecule has 2 aliphatic carbocycles. The maximum Gasteiger partial charge on any atom is 0.223 e. The molecule has 4 N–H and O–H groups in total. The zero-order chi connectivity index (χ0) is 20.1. The topological polar surface area (TPSA) is 120 Å². The van der Waals surface area contributed by atoms with Gasteiger partial charge >= 0.3 is 0 Å². The van der Waals surface area contributed by atoms with Crippen molar-refractivity contribution in [3.8, 4) is 17.5 Å². The molecule has 0 spiro atoms. The quantitative estimate of drug-likeness (QED) is 0.528. The molecule has 1 fully saturated rings. The fourth-order valence-corrected chi connectivity index (χ4v) is 4.90. The number of benzene rings is 1. The van der Waals surface area contributed by atoms with Crippen molar-refractivity contribution in [1.82, 2.24) is 15.0 Å². The number of imidazole rings is 1. The number of anilines is 1. The van der Waals surface area contributed by atoms with E-state index in [-0.39, 0.29) is 29.7 Å². The van der Waals surface area contributed by atoms with Gasteiger partial charge in [-0.2, -0.15) is 5.26 Å². The molecular formula is C21H17BrN6O. The van der Waals surface area contributed by atoms with Crippen molar-refractivity contribution < 1.29 is 4.79 Å². The third-order valence-electron chi connectivity index (χ3n) is 5.86. The van der Waals surface area contributed by atoms with Crippen LogP contribution in [0, 0.1) is 29.1 Å². The molecule has 1 amide bonds. The highest BCUT2D eigenvalue weighted by Gasteiger charge is 2.47. The van der Waals surface area contributed by atoms with Crippen molar-refractivity contribution in [2.75, 3.05) is 5.32 Å². The second-order valence-electron chi connectivity index (χ2n) is 7.50. The number of halogens is 1. The smallest absolute Gasteiger partial charge is 0.223 e. The van der Waals surface area contributed by atoms with Gasteiger partial charge in [-0.05, 0) is 58.5 Å². The zero-order valence-electron chi connectivity index (χ0n) is 15.3. The van der Waals surface area contributed by atoms with Gasteiger partial charge in [0.25, 0.3) is 0 Å². The first-order valence-corrected chi connectivity index (χ1v) is 10.1. The predicted molar refractivity (Wildman–Crippen MR) is 113 cm³/mol. The summed E-state index contributed by atoms with van der Waals surface area (Å²) in [6.07, 6.45) is 6.92. The number of H-pyrrole nitrogens is 1. The Morgan fingerprint density at radius 3 is 2.76 bits per heavy atom. The van der Waals surface area contributed by atoms with Crippen LogP contribution in [0.3, 0.4) is 0 Å². The summed E-state index contributed by atoms with van der Waals surface area (Å²) in [7, 11) is 0. The number of nitrogens with one attached hydrogen (secondary N) is 2. The highest BCUT2D eigenvalue weighted by molar-refractivity contribution is 9.10. The summed E-state index contributed by atoms with van der Waals surface area (Å²) in [5.74, 6) is 0.623. The Balaban J connectivity index is 1.54. The van der Waals surface area contributed by atoms with Gasteiger partial charge in [0.15, 0.2) is 5.65 Å². The molecule has 0 radical (unpaired) electrons. The van der Waals surface area contributed by atoms with Crippen LogP contribution in [0.1, 0.15) is 12.0 Å². The van der Waals surface area contributed by atoms with Crippen molar-refractivity contribution in [3.05, 3.63) is 52.7 Å². The van der Waals surface area contributed by atoms with Crippen LogP contribution in [-0.2, 0) is 4.79 Å². The standard InChI is InChI=1S/C21H17BrN6O/c22-14-9-25-21-18(27-20(28-21)11-3-1-10(8-23)2-4-11)17(14)26-16-13-6-5-12(7-13)15(16)19(24)29/h1-6,9,12-13,15-16H,7H2,(H2,24,29)(H2,25,26,27,28)/t12-,13+,15+,16?/m1/s1. The number of carbonyl (C=O) groups excluding carboxylic acids is 1. The number of carbonyl (C=O) groups is 1. The van der Waals surface area contributed by atoms with Crippen molar-refractivity contribution in [1.29, 1.82) is 5.26 Å². The van der Waals surface area contributed by atoms with Crippen LogP contribution in [0.5, 0.6) is 0 Å². The van der Waals surface area contributed by atoms with Gasteiger partial charge in [0.1, 0.15) is 11.3 Å². The molecule has 3 aromatic rings. The van der Waals surface area contributed by atoms with E-state index in [1.165, 1.54) is 0 Å². The highest BCUT2D eigenvalue weighted by Crippen LogP contribution is 2.46. The second-order valence-corrected chi connectivity index (χ2v) is 8.36. The van der Waals surface area contributed by atoms with Crippen molar-refractivity contribution in [3.63, 3.8) is 0 Å². The highest BCUT2D eigenvalue weighted by atomic mass is 79.9. The fourth-order valence-electron chi connectivity index (χ4n) is 4.49. The number of primary amides is 1. The summed E-state index contributed by atoms with van der Waals surface area (Å²) < 4.78 is 0.787. The van der Waals surface area contributed by atoms with Crippen molar-refractivity contribution >= 4 is 38.7 Å². The third-order valence-corrected chi connectivity index (χ3v) is 6.46. The molecule has 0 aliphatic heterocycles. The number of hydrogen-bond acceptors (Lipinski definition) is 5. The largest absolute Gasteiger partial charge is 0.378 e. The van der Waals surface area contributed by atoms with E-state index in [1.54, 1.807) is 18.3 Å². The Morgan fingerprint density at radius 1 is 1.28 bits per heavy atom. The molecule has 144 valence electrons. The van der Waals surface area contributed by atoms with Gasteiger partial charge in [-0.1, -0.05) is 12.2 Å². The zero-order valence-corrected chi connectivity index (χ0v) is 16.8. The van der Waals surface area contributed by atoms with Crippen molar-refractivity contribution in [2.24, 2.45) is 23.5 Å². The van der Waals surface area contributed by atoms with Crippen LogP contribution in [0.15, 0.2) is 47.1 Å². The van der Waals surface area contributed by atoms with E-state index in [2.05, 4.69) is 54.4 Å². The number of nitrogens with zero attached hydrogens (tertiary/aromatic N) is 3. The fraction of sp³-hybridized carbons (Fsp3) is 0.238. The Hall–Kier alpha value is -3.18. The molecule has 1 unspecified atom stereocenters. The van der Waals surface area contributed by atoms with Crippen LogP contribution in [-0.4, -0.2) is 26.9 Å². The number of amides is 1. The summed E-state index contributed by atoms with van der Waals surface area (Å²) >= 11 is 3.58. The number of aromatic nitrogens is 3. The summed E-state index contributed by atoms with van der Waals surface area (Å²) in [4.78, 5) is 24.4. The molecule has 8 heteroatoms. The average molecular weight is 449 g/mol. The average Bonchev–Trinajstić information content (AvgIpc) is 3.44.